The number of carbonyl (C=O) groups is 4. The molecule has 548 valence electrons. The van der Waals surface area contributed by atoms with E-state index in [1.54, 1.807) is 44.2 Å². The number of carbonyl (C=O) groups excluding carboxylic acids is 4. The number of fused-ring (bicyclic) bond motifs is 2. The summed E-state index contributed by atoms with van der Waals surface area (Å²) in [4.78, 5) is 55.7. The fourth-order valence-corrected chi connectivity index (χ4v) is 13.0. The lowest BCUT2D eigenvalue weighted by atomic mass is 9.95. The summed E-state index contributed by atoms with van der Waals surface area (Å²) in [6.45, 7) is 12.9. The van der Waals surface area contributed by atoms with Gasteiger partial charge in [0.2, 0.25) is 0 Å². The summed E-state index contributed by atoms with van der Waals surface area (Å²) in [6, 6.07) is 8.87. The Labute approximate surface area is 565 Å². The summed E-state index contributed by atoms with van der Waals surface area (Å²) in [5.41, 5.74) is 0.659. The van der Waals surface area contributed by atoms with Crippen molar-refractivity contribution < 1.29 is 126 Å². The minimum absolute atomic E-state index is 0.0648. The number of aliphatic hydroxyl groups excluding tert-OH is 8. The molecule has 7 rings (SSSR count). The highest BCUT2D eigenvalue weighted by Gasteiger charge is 2.59. The molecule has 26 heteroatoms. The third kappa shape index (κ3) is 22.3. The fourth-order valence-electron chi connectivity index (χ4n) is 13.0. The summed E-state index contributed by atoms with van der Waals surface area (Å²) in [5.74, 6) is -3.70. The van der Waals surface area contributed by atoms with Crippen LogP contribution in [0.3, 0.4) is 0 Å². The molecule has 1 unspecified atom stereocenters. The van der Waals surface area contributed by atoms with E-state index in [1.165, 1.54) is 33.8 Å². The first-order valence-corrected chi connectivity index (χ1v) is 35.5. The number of hydrogen-bond donors (Lipinski definition) is 8. The standard InChI is InChI=1S/C70H112O26/c1-9-12-14-15-17-21-29-35-48(73)91-64-63(96-66-54(79)52(77)50(75)40(5)83-66)59(94-67-56(81)60(58(42(7)84-67)92-65(82)39(4)11-3)89-49(74)37-36-44-30-25-23-26-31-44)43(8)86-70(64)93-57-41(6)85-68-62(55(57)80)90-47(72)34-28-22-19-16-18-20-27-33-45(32-24-13-10-2)87-69-61(95-68)53(78)51(76)46(38-71)88-69/h23,25-26,30-31,36-37,39-43,45-46,50-64,66-71,75-81H,9-22,24,27-29,32-35,38H2,1-8H3/b37-36+/t39-,40-,41-,42-,43-,45?,46+,50-,51+,52+,53-,54+,55+,56+,57-,58-,59-,60-,61+,62+,63+,64+,66-,67-,68-,69+,70-/m0/s1. The molecule has 1 aromatic carbocycles. The third-order valence-electron chi connectivity index (χ3n) is 19.1. The van der Waals surface area contributed by atoms with Crippen molar-refractivity contribution in [3.8, 4) is 0 Å². The van der Waals surface area contributed by atoms with E-state index in [0.29, 0.717) is 50.5 Å². The van der Waals surface area contributed by atoms with Gasteiger partial charge in [0, 0.05) is 18.9 Å². The van der Waals surface area contributed by atoms with Gasteiger partial charge in [-0.25, -0.2) is 4.79 Å². The van der Waals surface area contributed by atoms with Crippen LogP contribution in [0.25, 0.3) is 6.08 Å². The van der Waals surface area contributed by atoms with Crippen LogP contribution in [-0.2, 0) is 85.5 Å². The van der Waals surface area contributed by atoms with Crippen LogP contribution in [0.4, 0.5) is 0 Å². The molecule has 6 saturated heterocycles. The van der Waals surface area contributed by atoms with Crippen LogP contribution in [0.1, 0.15) is 202 Å². The molecule has 6 heterocycles. The van der Waals surface area contributed by atoms with E-state index < -0.39 is 190 Å². The minimum Gasteiger partial charge on any atom is -0.455 e. The van der Waals surface area contributed by atoms with E-state index in [0.717, 1.165) is 89.5 Å². The molecule has 0 saturated carbocycles. The largest absolute Gasteiger partial charge is 0.455 e. The number of esters is 4. The monoisotopic (exact) mass is 1370 g/mol. The molecule has 0 spiro atoms. The van der Waals surface area contributed by atoms with Gasteiger partial charge in [0.25, 0.3) is 0 Å². The molecule has 0 amide bonds. The predicted octanol–water partition coefficient (Wildman–Crippen LogP) is 5.79. The van der Waals surface area contributed by atoms with E-state index in [-0.39, 0.29) is 18.9 Å². The molecule has 0 aromatic heterocycles. The van der Waals surface area contributed by atoms with Crippen LogP contribution in [0.2, 0.25) is 0 Å². The first-order chi connectivity index (χ1) is 46.1. The maximum Gasteiger partial charge on any atom is 0.331 e. The van der Waals surface area contributed by atoms with E-state index in [4.69, 9.17) is 66.3 Å². The lowest BCUT2D eigenvalue weighted by Crippen LogP contribution is -2.68. The quantitative estimate of drug-likeness (QED) is 0.0235. The van der Waals surface area contributed by atoms with E-state index in [1.807, 2.05) is 0 Å². The zero-order valence-electron chi connectivity index (χ0n) is 57.3. The molecular weight excluding hydrogens is 1260 g/mol. The Morgan fingerprint density at radius 2 is 1.12 bits per heavy atom. The van der Waals surface area contributed by atoms with Crippen LogP contribution in [-0.4, -0.2) is 231 Å². The molecule has 0 bridgehead atoms. The maximum atomic E-state index is 14.5. The van der Waals surface area contributed by atoms with Gasteiger partial charge in [-0.15, -0.1) is 0 Å². The molecule has 6 aliphatic rings. The SMILES string of the molecule is CCCCCCCCCC(=O)O[C@H]1[C@H](O[C@@H]2[C@@H](O)[C@H]3OC(=O)CCCCCCCCCC(CCCCC)O[C@@H]4O[C@H](CO)[C@@H](O)[C@H](O)[C@H]4O[C@@H]3O[C@H]2C)O[C@@H](C)[C@H](O[C@@H]2O[C@@H](C)[C@H](OC(=O)[C@@H](C)CC)[C@@H](OC(=O)/C=C/c3ccccc3)[C@H]2O)[C@H]1O[C@@H]1O[C@@H](C)[C@H](O)[C@@H](O)[C@H]1O. The van der Waals surface area contributed by atoms with Crippen LogP contribution in [0, 0.1) is 5.92 Å². The van der Waals surface area contributed by atoms with Gasteiger partial charge in [0.15, 0.2) is 55.9 Å². The predicted molar refractivity (Wildman–Crippen MR) is 342 cm³/mol. The number of ether oxygens (including phenoxy) is 14. The Kier molecular flexibility index (Phi) is 33.1. The zero-order chi connectivity index (χ0) is 69.6. The second-order valence-electron chi connectivity index (χ2n) is 26.8. The van der Waals surface area contributed by atoms with E-state index in [2.05, 4.69) is 13.8 Å². The van der Waals surface area contributed by atoms with Crippen molar-refractivity contribution in [1.29, 1.82) is 0 Å². The third-order valence-corrected chi connectivity index (χ3v) is 19.1. The molecule has 1 aromatic rings. The average Bonchev–Trinajstić information content (AvgIpc) is 0.771. The number of unbranched alkanes of at least 4 members (excludes halogenated alkanes) is 8. The highest BCUT2D eigenvalue weighted by molar-refractivity contribution is 5.87. The zero-order valence-corrected chi connectivity index (χ0v) is 57.3. The molecule has 6 fully saturated rings. The van der Waals surface area contributed by atoms with Crippen molar-refractivity contribution in [2.75, 3.05) is 6.61 Å². The topological polar surface area (TPSA) is 359 Å². The maximum absolute atomic E-state index is 14.5. The number of benzene rings is 1. The summed E-state index contributed by atoms with van der Waals surface area (Å²) < 4.78 is 89.3. The second-order valence-corrected chi connectivity index (χ2v) is 26.8. The van der Waals surface area contributed by atoms with Gasteiger partial charge in [-0.05, 0) is 71.4 Å². The Balaban J connectivity index is 1.25. The van der Waals surface area contributed by atoms with E-state index >= 15 is 0 Å². The summed E-state index contributed by atoms with van der Waals surface area (Å²) in [5, 5.41) is 92.4. The van der Waals surface area contributed by atoms with Gasteiger partial charge in [-0.2, -0.15) is 0 Å². The molecule has 96 heavy (non-hydrogen) atoms. The minimum atomic E-state index is -1.96. The molecule has 0 aliphatic carbocycles. The van der Waals surface area contributed by atoms with Gasteiger partial charge >= 0.3 is 23.9 Å². The van der Waals surface area contributed by atoms with Crippen LogP contribution >= 0.6 is 0 Å². The lowest BCUT2D eigenvalue weighted by Gasteiger charge is -2.51. The van der Waals surface area contributed by atoms with Crippen LogP contribution in [0.15, 0.2) is 36.4 Å². The van der Waals surface area contributed by atoms with Crippen LogP contribution in [0.5, 0.6) is 0 Å². The van der Waals surface area contributed by atoms with Crippen molar-refractivity contribution in [2.45, 2.75) is 356 Å². The van der Waals surface area contributed by atoms with Crippen molar-refractivity contribution in [3.63, 3.8) is 0 Å². The molecule has 6 aliphatic heterocycles. The molecular formula is C70H112O26. The molecule has 26 nitrogen and oxygen atoms in total. The van der Waals surface area contributed by atoms with Crippen molar-refractivity contribution in [3.05, 3.63) is 42.0 Å². The van der Waals surface area contributed by atoms with Gasteiger partial charge < -0.3 is 107 Å². The van der Waals surface area contributed by atoms with Gasteiger partial charge in [-0.1, -0.05) is 154 Å². The highest BCUT2D eigenvalue weighted by Crippen LogP contribution is 2.40. The Morgan fingerprint density at radius 1 is 0.531 bits per heavy atom. The molecule has 0 radical (unpaired) electrons. The summed E-state index contributed by atoms with van der Waals surface area (Å²) >= 11 is 0. The lowest BCUT2D eigenvalue weighted by molar-refractivity contribution is -0.400. The second kappa shape index (κ2) is 39.9. The number of rotatable bonds is 26. The van der Waals surface area contributed by atoms with Gasteiger partial charge in [-0.3, -0.25) is 14.4 Å². The average molecular weight is 1370 g/mol. The van der Waals surface area contributed by atoms with Crippen molar-refractivity contribution in [1.82, 2.24) is 0 Å². The normalized spacial score (nSPS) is 38.8. The Hall–Kier alpha value is -3.88. The first kappa shape index (κ1) is 79.4. The van der Waals surface area contributed by atoms with Crippen LogP contribution < -0.4 is 0 Å². The Morgan fingerprint density at radius 3 is 1.82 bits per heavy atom. The van der Waals surface area contributed by atoms with Gasteiger partial charge in [0.05, 0.1) is 43.0 Å². The fraction of sp³-hybridized carbons (Fsp3) is 0.829. The van der Waals surface area contributed by atoms with Crippen molar-refractivity contribution >= 4 is 30.0 Å². The molecule has 8 N–H and O–H groups in total. The van der Waals surface area contributed by atoms with Gasteiger partial charge in [0.1, 0.15) is 73.2 Å². The smallest absolute Gasteiger partial charge is 0.331 e. The molecule has 27 atom stereocenters. The van der Waals surface area contributed by atoms with Crippen molar-refractivity contribution in [2.24, 2.45) is 5.92 Å². The summed E-state index contributed by atoms with van der Waals surface area (Å²) in [7, 11) is 0. The first-order valence-electron chi connectivity index (χ1n) is 35.5. The number of hydrogen-bond acceptors (Lipinski definition) is 26. The summed E-state index contributed by atoms with van der Waals surface area (Å²) in [6.07, 6.45) is -22.2. The Bertz CT molecular complexity index is 2480. The van der Waals surface area contributed by atoms with E-state index in [9.17, 15) is 60.0 Å². The highest BCUT2D eigenvalue weighted by atomic mass is 16.8. The number of aliphatic hydroxyl groups is 8.